The highest BCUT2D eigenvalue weighted by Gasteiger charge is 1.98. The van der Waals surface area contributed by atoms with Crippen LogP contribution in [0.25, 0.3) is 0 Å². The second-order valence-corrected chi connectivity index (χ2v) is 7.05. The fourth-order valence-corrected chi connectivity index (χ4v) is 3.27. The molecule has 1 aromatic rings. The zero-order chi connectivity index (χ0) is 16.6. The number of hydrogen-bond donors (Lipinski definition) is 1. The van der Waals surface area contributed by atoms with Crippen molar-refractivity contribution < 1.29 is 0 Å². The van der Waals surface area contributed by atoms with E-state index in [1.807, 2.05) is 12.1 Å². The van der Waals surface area contributed by atoms with Gasteiger partial charge in [0.25, 0.3) is 0 Å². The second-order valence-electron chi connectivity index (χ2n) is 7.05. The Labute approximate surface area is 157 Å². The van der Waals surface area contributed by atoms with E-state index in [4.69, 9.17) is 5.73 Å². The van der Waals surface area contributed by atoms with Crippen LogP contribution in [0.15, 0.2) is 24.3 Å². The van der Waals surface area contributed by atoms with Crippen molar-refractivity contribution in [3.63, 3.8) is 0 Å². The molecule has 0 aliphatic heterocycles. The van der Waals surface area contributed by atoms with Crippen LogP contribution in [0.5, 0.6) is 0 Å². The van der Waals surface area contributed by atoms with Gasteiger partial charge in [0.05, 0.1) is 0 Å². The lowest BCUT2D eigenvalue weighted by molar-refractivity contribution is 0.535. The molecule has 0 aromatic heterocycles. The first kappa shape index (κ1) is 23.3. The number of halogens is 1. The summed E-state index contributed by atoms with van der Waals surface area (Å²) in [5.74, 6) is 0. The molecular formula is C22H40ClN. The SMILES string of the molecule is CCCCCCCCCCCCCCCCc1ccccc1N.Cl. The molecule has 2 N–H and O–H groups in total. The summed E-state index contributed by atoms with van der Waals surface area (Å²) in [6.07, 6.45) is 21.0. The van der Waals surface area contributed by atoms with Gasteiger partial charge in [-0.25, -0.2) is 0 Å². The minimum Gasteiger partial charge on any atom is -0.399 e. The predicted molar refractivity (Wildman–Crippen MR) is 112 cm³/mol. The Morgan fingerprint density at radius 2 is 1.04 bits per heavy atom. The summed E-state index contributed by atoms with van der Waals surface area (Å²) in [7, 11) is 0. The summed E-state index contributed by atoms with van der Waals surface area (Å²) >= 11 is 0. The van der Waals surface area contributed by atoms with Gasteiger partial charge in [-0.15, -0.1) is 12.4 Å². The molecule has 0 fully saturated rings. The average Bonchev–Trinajstić information content (AvgIpc) is 2.57. The van der Waals surface area contributed by atoms with E-state index in [1.165, 1.54) is 95.5 Å². The zero-order valence-electron chi connectivity index (χ0n) is 15.9. The molecule has 0 bridgehead atoms. The summed E-state index contributed by atoms with van der Waals surface area (Å²) in [4.78, 5) is 0. The number of aryl methyl sites for hydroxylation is 1. The summed E-state index contributed by atoms with van der Waals surface area (Å²) in [6.45, 7) is 2.29. The van der Waals surface area contributed by atoms with E-state index in [-0.39, 0.29) is 12.4 Å². The number of rotatable bonds is 15. The first-order valence-electron chi connectivity index (χ1n) is 10.2. The summed E-state index contributed by atoms with van der Waals surface area (Å²) in [5, 5.41) is 0. The number of nitrogen functional groups attached to an aromatic ring is 1. The third-order valence-corrected chi connectivity index (χ3v) is 4.85. The van der Waals surface area contributed by atoms with Gasteiger partial charge in [-0.3, -0.25) is 0 Å². The quantitative estimate of drug-likeness (QED) is 0.253. The molecule has 0 atom stereocenters. The average molecular weight is 354 g/mol. The molecule has 0 saturated carbocycles. The Kier molecular flexibility index (Phi) is 16.7. The highest BCUT2D eigenvalue weighted by Crippen LogP contribution is 2.16. The molecule has 1 aromatic carbocycles. The molecule has 1 rings (SSSR count). The van der Waals surface area contributed by atoms with Crippen molar-refractivity contribution in [3.8, 4) is 0 Å². The van der Waals surface area contributed by atoms with Crippen LogP contribution in [0.4, 0.5) is 5.69 Å². The van der Waals surface area contributed by atoms with E-state index in [9.17, 15) is 0 Å². The normalized spacial score (nSPS) is 10.5. The predicted octanol–water partition coefficient (Wildman–Crippen LogP) is 7.71. The van der Waals surface area contributed by atoms with E-state index in [1.54, 1.807) is 0 Å². The standard InChI is InChI=1S/C22H39N.ClH/c1-2-3-4-5-6-7-8-9-10-11-12-13-14-15-18-21-19-16-17-20-22(21)23;/h16-17,19-20H,2-15,18,23H2,1H3;1H. The van der Waals surface area contributed by atoms with Crippen LogP contribution >= 0.6 is 12.4 Å². The summed E-state index contributed by atoms with van der Waals surface area (Å²) in [5.41, 5.74) is 8.26. The smallest absolute Gasteiger partial charge is 0.0346 e. The van der Waals surface area contributed by atoms with E-state index in [2.05, 4.69) is 19.1 Å². The van der Waals surface area contributed by atoms with Gasteiger partial charge < -0.3 is 5.73 Å². The highest BCUT2D eigenvalue weighted by atomic mass is 35.5. The fourth-order valence-electron chi connectivity index (χ4n) is 3.27. The van der Waals surface area contributed by atoms with Gasteiger partial charge in [-0.1, -0.05) is 109 Å². The van der Waals surface area contributed by atoms with Gasteiger partial charge in [0.15, 0.2) is 0 Å². The third-order valence-electron chi connectivity index (χ3n) is 4.85. The molecule has 0 amide bonds. The molecule has 0 saturated heterocycles. The van der Waals surface area contributed by atoms with Crippen LogP contribution in [-0.4, -0.2) is 0 Å². The lowest BCUT2D eigenvalue weighted by Crippen LogP contribution is -1.93. The Balaban J connectivity index is 0.00000529. The lowest BCUT2D eigenvalue weighted by atomic mass is 10.0. The summed E-state index contributed by atoms with van der Waals surface area (Å²) < 4.78 is 0. The van der Waals surface area contributed by atoms with Crippen LogP contribution in [0.2, 0.25) is 0 Å². The summed E-state index contributed by atoms with van der Waals surface area (Å²) in [6, 6.07) is 8.29. The molecule has 0 heterocycles. The molecule has 0 radical (unpaired) electrons. The molecule has 0 spiro atoms. The molecule has 0 aliphatic carbocycles. The number of anilines is 1. The van der Waals surface area contributed by atoms with Crippen LogP contribution in [0, 0.1) is 0 Å². The minimum atomic E-state index is 0. The van der Waals surface area contributed by atoms with Crippen molar-refractivity contribution in [3.05, 3.63) is 29.8 Å². The van der Waals surface area contributed by atoms with Crippen LogP contribution in [0.3, 0.4) is 0 Å². The highest BCUT2D eigenvalue weighted by molar-refractivity contribution is 5.85. The monoisotopic (exact) mass is 353 g/mol. The van der Waals surface area contributed by atoms with Crippen molar-refractivity contribution in [2.24, 2.45) is 0 Å². The number of para-hydroxylation sites is 1. The molecule has 0 aliphatic rings. The maximum atomic E-state index is 5.97. The minimum absolute atomic E-state index is 0. The van der Waals surface area contributed by atoms with Crippen molar-refractivity contribution >= 4 is 18.1 Å². The Morgan fingerprint density at radius 1 is 0.625 bits per heavy atom. The maximum Gasteiger partial charge on any atom is 0.0346 e. The van der Waals surface area contributed by atoms with Gasteiger partial charge in [0.2, 0.25) is 0 Å². The number of unbranched alkanes of at least 4 members (excludes halogenated alkanes) is 13. The molecule has 2 heteroatoms. The van der Waals surface area contributed by atoms with Crippen LogP contribution in [0.1, 0.15) is 102 Å². The van der Waals surface area contributed by atoms with Gasteiger partial charge in [0.1, 0.15) is 0 Å². The number of nitrogens with two attached hydrogens (primary N) is 1. The van der Waals surface area contributed by atoms with Crippen molar-refractivity contribution in [1.82, 2.24) is 0 Å². The molecule has 1 nitrogen and oxygen atoms in total. The zero-order valence-corrected chi connectivity index (χ0v) is 16.7. The van der Waals surface area contributed by atoms with Crippen molar-refractivity contribution in [2.75, 3.05) is 5.73 Å². The first-order valence-corrected chi connectivity index (χ1v) is 10.2. The van der Waals surface area contributed by atoms with Gasteiger partial charge in [-0.2, -0.15) is 0 Å². The van der Waals surface area contributed by atoms with E-state index in [0.717, 1.165) is 12.1 Å². The van der Waals surface area contributed by atoms with Crippen LogP contribution in [-0.2, 0) is 6.42 Å². The molecule has 0 unspecified atom stereocenters. The Hall–Kier alpha value is -0.690. The van der Waals surface area contributed by atoms with Gasteiger partial charge >= 0.3 is 0 Å². The van der Waals surface area contributed by atoms with E-state index in [0.29, 0.717) is 0 Å². The Bertz CT molecular complexity index is 378. The number of hydrogen-bond acceptors (Lipinski definition) is 1. The Morgan fingerprint density at radius 3 is 1.50 bits per heavy atom. The first-order chi connectivity index (χ1) is 11.3. The van der Waals surface area contributed by atoms with Gasteiger partial charge in [-0.05, 0) is 24.5 Å². The van der Waals surface area contributed by atoms with Gasteiger partial charge in [0, 0.05) is 5.69 Å². The lowest BCUT2D eigenvalue weighted by Gasteiger charge is -2.05. The molecule has 24 heavy (non-hydrogen) atoms. The van der Waals surface area contributed by atoms with E-state index < -0.39 is 0 Å². The van der Waals surface area contributed by atoms with E-state index >= 15 is 0 Å². The van der Waals surface area contributed by atoms with Crippen molar-refractivity contribution in [1.29, 1.82) is 0 Å². The molecular weight excluding hydrogens is 314 g/mol. The second kappa shape index (κ2) is 17.1. The largest absolute Gasteiger partial charge is 0.399 e. The fraction of sp³-hybridized carbons (Fsp3) is 0.727. The van der Waals surface area contributed by atoms with Crippen LogP contribution < -0.4 is 5.73 Å². The maximum absolute atomic E-state index is 5.97. The topological polar surface area (TPSA) is 26.0 Å². The third kappa shape index (κ3) is 12.7. The number of benzene rings is 1. The molecule has 140 valence electrons. The van der Waals surface area contributed by atoms with Crippen molar-refractivity contribution in [2.45, 2.75) is 103 Å².